The second kappa shape index (κ2) is 11.1. The van der Waals surface area contributed by atoms with Crippen molar-refractivity contribution in [2.45, 2.75) is 18.9 Å². The molecule has 39 heavy (non-hydrogen) atoms. The van der Waals surface area contributed by atoms with Gasteiger partial charge in [-0.1, -0.05) is 42.5 Å². The van der Waals surface area contributed by atoms with Gasteiger partial charge in [-0.05, 0) is 42.8 Å². The van der Waals surface area contributed by atoms with E-state index < -0.39 is 17.9 Å². The number of rotatable bonds is 8. The molecule has 0 unspecified atom stereocenters. The van der Waals surface area contributed by atoms with E-state index in [-0.39, 0.29) is 18.4 Å². The first-order valence-electron chi connectivity index (χ1n) is 13.0. The number of methoxy groups -OCH3 is 1. The Kier molecular flexibility index (Phi) is 7.47. The minimum Gasteiger partial charge on any atom is -0.462 e. The Bertz CT molecular complexity index is 1540. The molecule has 8 nitrogen and oxygen atoms in total. The second-order valence-electron chi connectivity index (χ2n) is 9.50. The molecule has 0 saturated heterocycles. The van der Waals surface area contributed by atoms with E-state index in [4.69, 9.17) is 9.47 Å². The number of aryl methyl sites for hydroxylation is 1. The number of nitrogens with zero attached hydrogens (tertiary/aromatic N) is 2. The van der Waals surface area contributed by atoms with Crippen LogP contribution in [0.1, 0.15) is 50.7 Å². The third-order valence-electron chi connectivity index (χ3n) is 7.15. The summed E-state index contributed by atoms with van der Waals surface area (Å²) in [5.41, 5.74) is 3.86. The quantitative estimate of drug-likeness (QED) is 0.330. The number of carbonyl (C=O) groups is 3. The third-order valence-corrected chi connectivity index (χ3v) is 7.15. The van der Waals surface area contributed by atoms with Gasteiger partial charge in [0, 0.05) is 54.6 Å². The van der Waals surface area contributed by atoms with Crippen LogP contribution in [0, 0.1) is 0 Å². The monoisotopic (exact) mass is 525 g/mol. The molecule has 1 N–H and O–H groups in total. The molecule has 200 valence electrons. The van der Waals surface area contributed by atoms with Gasteiger partial charge in [0.05, 0.1) is 30.7 Å². The molecule has 8 heteroatoms. The number of benzene rings is 3. The Morgan fingerprint density at radius 1 is 0.974 bits per heavy atom. The molecule has 1 aromatic heterocycles. The van der Waals surface area contributed by atoms with Crippen LogP contribution in [0.3, 0.4) is 0 Å². The summed E-state index contributed by atoms with van der Waals surface area (Å²) in [5.74, 6) is -1.60. The van der Waals surface area contributed by atoms with Crippen LogP contribution in [0.4, 0.5) is 5.69 Å². The molecule has 5 rings (SSSR count). The zero-order valence-corrected chi connectivity index (χ0v) is 22.2. The summed E-state index contributed by atoms with van der Waals surface area (Å²) in [7, 11) is 3.55. The van der Waals surface area contributed by atoms with Crippen molar-refractivity contribution in [2.24, 2.45) is 7.05 Å². The Morgan fingerprint density at radius 2 is 1.74 bits per heavy atom. The fourth-order valence-electron chi connectivity index (χ4n) is 5.42. The number of anilines is 1. The van der Waals surface area contributed by atoms with Gasteiger partial charge in [-0.2, -0.15) is 0 Å². The maximum Gasteiger partial charge on any atom is 0.338 e. The van der Waals surface area contributed by atoms with Gasteiger partial charge in [-0.3, -0.25) is 9.59 Å². The van der Waals surface area contributed by atoms with Crippen molar-refractivity contribution in [1.29, 1.82) is 0 Å². The van der Waals surface area contributed by atoms with Crippen LogP contribution in [0.2, 0.25) is 0 Å². The molecule has 1 aliphatic rings. The molecule has 3 aromatic carbocycles. The lowest BCUT2D eigenvalue weighted by Gasteiger charge is -2.41. The lowest BCUT2D eigenvalue weighted by atomic mass is 9.79. The van der Waals surface area contributed by atoms with E-state index in [1.54, 1.807) is 55.3 Å². The standard InChI is InChI=1S/C31H31N3O5/c1-4-39-31(37)20-10-9-11-21(18-20)32-29(35)27-23-13-5-6-14-24(23)30(36)34(16-17-38-3)28(27)25-19-33(2)26-15-8-7-12-22(25)26/h5-15,18-19,27-28H,4,16-17H2,1-3H3,(H,32,35)/t27-,28+/m0/s1. The van der Waals surface area contributed by atoms with Gasteiger partial charge < -0.3 is 24.3 Å². The first kappa shape index (κ1) is 26.2. The minimum atomic E-state index is -0.715. The highest BCUT2D eigenvalue weighted by atomic mass is 16.5. The van der Waals surface area contributed by atoms with Gasteiger partial charge in [-0.25, -0.2) is 4.79 Å². The molecule has 1 aliphatic heterocycles. The molecule has 2 amide bonds. The minimum absolute atomic E-state index is 0.144. The van der Waals surface area contributed by atoms with E-state index in [1.807, 2.05) is 54.2 Å². The van der Waals surface area contributed by atoms with E-state index >= 15 is 0 Å². The number of hydrogen-bond acceptors (Lipinski definition) is 5. The Morgan fingerprint density at radius 3 is 2.54 bits per heavy atom. The normalized spacial score (nSPS) is 16.7. The smallest absolute Gasteiger partial charge is 0.338 e. The summed E-state index contributed by atoms with van der Waals surface area (Å²) in [4.78, 5) is 42.1. The Labute approximate surface area is 227 Å². The fourth-order valence-corrected chi connectivity index (χ4v) is 5.42. The summed E-state index contributed by atoms with van der Waals surface area (Å²) >= 11 is 0. The van der Waals surface area contributed by atoms with Crippen LogP contribution in [0.15, 0.2) is 79.0 Å². The average molecular weight is 526 g/mol. The number of carbonyl (C=O) groups excluding carboxylic acids is 3. The van der Waals surface area contributed by atoms with Crippen molar-refractivity contribution in [3.8, 4) is 0 Å². The van der Waals surface area contributed by atoms with E-state index in [0.29, 0.717) is 35.5 Å². The number of fused-ring (bicyclic) bond motifs is 2. The zero-order valence-electron chi connectivity index (χ0n) is 22.2. The summed E-state index contributed by atoms with van der Waals surface area (Å²) in [6.07, 6.45) is 2.00. The lowest BCUT2D eigenvalue weighted by Crippen LogP contribution is -2.47. The van der Waals surface area contributed by atoms with Crippen LogP contribution >= 0.6 is 0 Å². The molecular weight excluding hydrogens is 494 g/mol. The van der Waals surface area contributed by atoms with E-state index in [9.17, 15) is 14.4 Å². The molecule has 0 fully saturated rings. The first-order chi connectivity index (χ1) is 18.9. The number of aromatic nitrogens is 1. The van der Waals surface area contributed by atoms with Crippen molar-refractivity contribution in [2.75, 3.05) is 32.2 Å². The van der Waals surface area contributed by atoms with Crippen molar-refractivity contribution < 1.29 is 23.9 Å². The molecule has 0 radical (unpaired) electrons. The molecule has 0 bridgehead atoms. The van der Waals surface area contributed by atoms with Gasteiger partial charge in [0.2, 0.25) is 5.91 Å². The number of hydrogen-bond donors (Lipinski definition) is 1. The zero-order chi connectivity index (χ0) is 27.5. The Hall–Kier alpha value is -4.43. The number of para-hydroxylation sites is 1. The molecule has 4 aromatic rings. The van der Waals surface area contributed by atoms with Gasteiger partial charge >= 0.3 is 5.97 Å². The second-order valence-corrected chi connectivity index (χ2v) is 9.50. The lowest BCUT2D eigenvalue weighted by molar-refractivity contribution is -0.119. The van der Waals surface area contributed by atoms with Crippen molar-refractivity contribution >= 4 is 34.4 Å². The maximum atomic E-state index is 14.2. The third kappa shape index (κ3) is 4.91. The number of amides is 2. The molecular formula is C31H31N3O5. The molecule has 0 aliphatic carbocycles. The molecule has 2 atom stereocenters. The highest BCUT2D eigenvalue weighted by Crippen LogP contribution is 2.45. The average Bonchev–Trinajstić information content (AvgIpc) is 3.28. The summed E-state index contributed by atoms with van der Waals surface area (Å²) < 4.78 is 12.5. The van der Waals surface area contributed by atoms with Crippen molar-refractivity contribution in [1.82, 2.24) is 9.47 Å². The first-order valence-corrected chi connectivity index (χ1v) is 13.0. The summed E-state index contributed by atoms with van der Waals surface area (Å²) in [6.45, 7) is 2.64. The van der Waals surface area contributed by atoms with Crippen LogP contribution in [0.25, 0.3) is 10.9 Å². The summed E-state index contributed by atoms with van der Waals surface area (Å²) in [6, 6.07) is 21.3. The highest BCUT2D eigenvalue weighted by Gasteiger charge is 2.45. The van der Waals surface area contributed by atoms with Crippen LogP contribution in [0.5, 0.6) is 0 Å². The SMILES string of the molecule is CCOC(=O)c1cccc(NC(=O)[C@H]2c3ccccc3C(=O)N(CCOC)[C@@H]2c2cn(C)c3ccccc23)c1. The van der Waals surface area contributed by atoms with Gasteiger partial charge in [-0.15, -0.1) is 0 Å². The van der Waals surface area contributed by atoms with Crippen molar-refractivity contribution in [3.63, 3.8) is 0 Å². The number of ether oxygens (including phenoxy) is 2. The number of nitrogens with one attached hydrogen (secondary N) is 1. The topological polar surface area (TPSA) is 89.9 Å². The van der Waals surface area contributed by atoms with E-state index in [0.717, 1.165) is 16.5 Å². The van der Waals surface area contributed by atoms with Crippen LogP contribution in [-0.2, 0) is 21.3 Å². The van der Waals surface area contributed by atoms with Gasteiger partial charge in [0.25, 0.3) is 5.91 Å². The number of esters is 1. The highest BCUT2D eigenvalue weighted by molar-refractivity contribution is 6.05. The molecule has 0 spiro atoms. The molecule has 2 heterocycles. The predicted molar refractivity (Wildman–Crippen MR) is 149 cm³/mol. The summed E-state index contributed by atoms with van der Waals surface area (Å²) in [5, 5.41) is 3.99. The maximum absolute atomic E-state index is 14.2. The van der Waals surface area contributed by atoms with E-state index in [1.165, 1.54) is 0 Å². The fraction of sp³-hybridized carbons (Fsp3) is 0.258. The van der Waals surface area contributed by atoms with Gasteiger partial charge in [0.1, 0.15) is 0 Å². The largest absolute Gasteiger partial charge is 0.462 e. The van der Waals surface area contributed by atoms with Crippen LogP contribution < -0.4 is 5.32 Å². The van der Waals surface area contributed by atoms with Crippen LogP contribution in [-0.4, -0.2) is 54.1 Å². The van der Waals surface area contributed by atoms with Crippen molar-refractivity contribution in [3.05, 3.63) is 101 Å². The Balaban J connectivity index is 1.63. The van der Waals surface area contributed by atoms with Gasteiger partial charge in [0.15, 0.2) is 0 Å². The molecule has 0 saturated carbocycles. The van der Waals surface area contributed by atoms with E-state index in [2.05, 4.69) is 5.32 Å². The predicted octanol–water partition coefficient (Wildman–Crippen LogP) is 4.92.